The number of likely N-dealkylation sites (tertiary alicyclic amines) is 2. The number of carboxylic acid groups (broad SMARTS) is 1. The smallest absolute Gasteiger partial charge is 0.321 e. The average Bonchev–Trinajstić information content (AvgIpc) is 4.33. The number of hydrogen-bond acceptors (Lipinski definition) is 15. The van der Waals surface area contributed by atoms with Gasteiger partial charge in [0.05, 0.1) is 89.4 Å². The Hall–Kier alpha value is -5.94. The number of benzene rings is 1. The molecule has 2 bridgehead atoms. The van der Waals surface area contributed by atoms with Crippen LogP contribution in [0.15, 0.2) is 48.7 Å². The van der Waals surface area contributed by atoms with Crippen LogP contribution >= 0.6 is 0 Å². The number of carbonyl (C=O) groups excluding carboxylic acids is 7. The number of amides is 6. The van der Waals surface area contributed by atoms with Gasteiger partial charge in [-0.2, -0.15) is 0 Å². The quantitative estimate of drug-likeness (QED) is 0.0552. The van der Waals surface area contributed by atoms with Crippen LogP contribution in [0, 0.1) is 17.8 Å². The van der Waals surface area contributed by atoms with Crippen LogP contribution in [0.3, 0.4) is 0 Å². The molecule has 436 valence electrons. The van der Waals surface area contributed by atoms with Gasteiger partial charge in [0.1, 0.15) is 24.1 Å². The predicted molar refractivity (Wildman–Crippen MR) is 291 cm³/mol. The highest BCUT2D eigenvalue weighted by molar-refractivity contribution is 5.94. The van der Waals surface area contributed by atoms with Crippen molar-refractivity contribution in [2.75, 3.05) is 67.8 Å². The van der Waals surface area contributed by atoms with E-state index in [4.69, 9.17) is 24.1 Å². The Bertz CT molecular complexity index is 2200. The van der Waals surface area contributed by atoms with Gasteiger partial charge >= 0.3 is 5.97 Å². The zero-order valence-corrected chi connectivity index (χ0v) is 47.8. The average molecular weight is 1100 g/mol. The van der Waals surface area contributed by atoms with Gasteiger partial charge in [-0.3, -0.25) is 38.5 Å². The number of carbonyl (C=O) groups is 8. The second-order valence-corrected chi connectivity index (χ2v) is 20.1. The molecule has 0 radical (unpaired) electrons. The third-order valence-corrected chi connectivity index (χ3v) is 14.6. The van der Waals surface area contributed by atoms with E-state index >= 15 is 0 Å². The van der Waals surface area contributed by atoms with Gasteiger partial charge in [-0.25, -0.2) is 4.68 Å². The first-order valence-corrected chi connectivity index (χ1v) is 27.5. The maximum absolute atomic E-state index is 13.8. The monoisotopic (exact) mass is 1100 g/mol. The number of aldehydes is 1. The molecule has 1 saturated carbocycles. The van der Waals surface area contributed by atoms with Gasteiger partial charge in [0, 0.05) is 39.8 Å². The molecule has 3 N–H and O–H groups in total. The number of fused-ring (bicyclic) bond motifs is 2. The molecule has 1 aliphatic carbocycles. The summed E-state index contributed by atoms with van der Waals surface area (Å²) in [6.45, 7) is 13.4. The summed E-state index contributed by atoms with van der Waals surface area (Å²) in [5, 5.41) is 22.4. The second kappa shape index (κ2) is 35.5. The number of nitrogens with zero attached hydrogens (tertiary/aromatic N) is 7. The number of imide groups is 1. The summed E-state index contributed by atoms with van der Waals surface area (Å²) in [6.07, 6.45) is 11.3. The molecule has 22 nitrogen and oxygen atoms in total. The molecular weight excluding hydrogens is 1010 g/mol. The van der Waals surface area contributed by atoms with E-state index in [-0.39, 0.29) is 99.2 Å². The van der Waals surface area contributed by atoms with Gasteiger partial charge in [0.25, 0.3) is 5.91 Å². The largest absolute Gasteiger partial charge is 0.480 e. The number of likely N-dealkylation sites (N-methyl/N-ethyl adjacent to an activating group) is 2. The van der Waals surface area contributed by atoms with Crippen molar-refractivity contribution >= 4 is 48.2 Å². The third kappa shape index (κ3) is 20.1. The van der Waals surface area contributed by atoms with E-state index < -0.39 is 42.2 Å². The molecule has 6 amide bonds. The molecule has 0 spiro atoms. The summed E-state index contributed by atoms with van der Waals surface area (Å²) < 4.78 is 24.4. The maximum Gasteiger partial charge on any atom is 0.321 e. The van der Waals surface area contributed by atoms with Crippen LogP contribution in [-0.4, -0.2) is 198 Å². The summed E-state index contributed by atoms with van der Waals surface area (Å²) in [6, 6.07) is 7.67. The number of rotatable bonds is 31. The first-order valence-electron chi connectivity index (χ1n) is 27.5. The zero-order valence-electron chi connectivity index (χ0n) is 47.8. The summed E-state index contributed by atoms with van der Waals surface area (Å²) in [7, 11) is 6.41. The first-order chi connectivity index (χ1) is 37.5. The number of methoxy groups -OCH3 is 2. The number of nitrogens with one attached hydrogen (secondary N) is 2. The van der Waals surface area contributed by atoms with Crippen molar-refractivity contribution in [2.45, 2.75) is 161 Å². The van der Waals surface area contributed by atoms with Crippen molar-refractivity contribution in [3.05, 3.63) is 59.9 Å². The van der Waals surface area contributed by atoms with Gasteiger partial charge in [0.2, 0.25) is 30.0 Å². The minimum Gasteiger partial charge on any atom is -0.480 e. The molecule has 3 aliphatic rings. The predicted octanol–water partition coefficient (Wildman–Crippen LogP) is 3.70. The molecule has 22 heteroatoms. The van der Waals surface area contributed by atoms with Crippen molar-refractivity contribution in [1.82, 2.24) is 45.2 Å². The Morgan fingerprint density at radius 1 is 0.936 bits per heavy atom. The second-order valence-electron chi connectivity index (χ2n) is 20.1. The van der Waals surface area contributed by atoms with Crippen LogP contribution in [0.5, 0.6) is 0 Å². The van der Waals surface area contributed by atoms with Gasteiger partial charge in [-0.05, 0) is 76.0 Å². The SMILES string of the molecule is C/C=C\C(=O)N(C=O)Cc1cn(CCOCCOCCC(=O)N2C3CCC(C3)C2C(=O)NCC(=O)N(C)C(C(C)CC)C(CC(=O)N2CCCC2C(OC)C(C)C=O)OC)nn1.CCC.CN[C@@H](Cc1ccccc1)C(=O)O. The highest BCUT2D eigenvalue weighted by Gasteiger charge is 2.51. The van der Waals surface area contributed by atoms with E-state index in [1.54, 1.807) is 66.7 Å². The Morgan fingerprint density at radius 2 is 1.63 bits per heavy atom. The van der Waals surface area contributed by atoms with Crippen molar-refractivity contribution in [1.29, 1.82) is 0 Å². The number of ether oxygens (including phenoxy) is 4. The normalized spacial score (nSPS) is 19.8. The molecule has 9 unspecified atom stereocenters. The zero-order chi connectivity index (χ0) is 57.7. The van der Waals surface area contributed by atoms with Crippen LogP contribution < -0.4 is 10.6 Å². The fourth-order valence-corrected chi connectivity index (χ4v) is 10.4. The summed E-state index contributed by atoms with van der Waals surface area (Å²) in [5.41, 5.74) is 1.49. The molecular formula is C56H89N9O13. The van der Waals surface area contributed by atoms with Gasteiger partial charge in [-0.15, -0.1) is 5.10 Å². The van der Waals surface area contributed by atoms with E-state index in [2.05, 4.69) is 34.8 Å². The molecule has 3 fully saturated rings. The Balaban J connectivity index is 0.000000858. The van der Waals surface area contributed by atoms with Gasteiger partial charge < -0.3 is 54.2 Å². The lowest BCUT2D eigenvalue weighted by atomic mass is 9.90. The molecule has 2 saturated heterocycles. The van der Waals surface area contributed by atoms with Crippen LogP contribution in [-0.2, 0) is 76.8 Å². The Kier molecular flexibility index (Phi) is 30.2. The molecule has 1 aromatic heterocycles. The lowest BCUT2D eigenvalue weighted by molar-refractivity contribution is -0.146. The van der Waals surface area contributed by atoms with Crippen LogP contribution in [0.2, 0.25) is 0 Å². The van der Waals surface area contributed by atoms with E-state index in [0.29, 0.717) is 38.2 Å². The van der Waals surface area contributed by atoms with E-state index in [0.717, 1.165) is 55.3 Å². The van der Waals surface area contributed by atoms with Crippen molar-refractivity contribution in [2.24, 2.45) is 17.8 Å². The highest BCUT2D eigenvalue weighted by Crippen LogP contribution is 2.43. The van der Waals surface area contributed by atoms with Crippen LogP contribution in [0.4, 0.5) is 0 Å². The number of aliphatic carboxylic acids is 1. The number of carboxylic acids is 1. The van der Waals surface area contributed by atoms with Gasteiger partial charge in [-0.1, -0.05) is 89.1 Å². The summed E-state index contributed by atoms with van der Waals surface area (Å²) >= 11 is 0. The van der Waals surface area contributed by atoms with E-state index in [1.807, 2.05) is 44.2 Å². The van der Waals surface area contributed by atoms with E-state index in [9.17, 15) is 38.4 Å². The fourth-order valence-electron chi connectivity index (χ4n) is 10.4. The van der Waals surface area contributed by atoms with Crippen molar-refractivity contribution in [3.63, 3.8) is 0 Å². The lowest BCUT2D eigenvalue weighted by Crippen LogP contribution is -2.56. The van der Waals surface area contributed by atoms with Gasteiger partial charge in [0.15, 0.2) is 0 Å². The third-order valence-electron chi connectivity index (χ3n) is 14.6. The summed E-state index contributed by atoms with van der Waals surface area (Å²) in [4.78, 5) is 106. The number of allylic oxidation sites excluding steroid dienone is 1. The molecule has 2 aliphatic heterocycles. The fraction of sp³-hybridized carbons (Fsp3) is 0.679. The number of piperidine rings is 1. The summed E-state index contributed by atoms with van der Waals surface area (Å²) in [5.74, 6) is -2.66. The highest BCUT2D eigenvalue weighted by atomic mass is 16.5. The number of aromatic nitrogens is 3. The maximum atomic E-state index is 13.8. The molecule has 10 atom stereocenters. The van der Waals surface area contributed by atoms with Crippen molar-refractivity contribution in [3.8, 4) is 0 Å². The topological polar surface area (TPSA) is 261 Å². The Morgan fingerprint density at radius 3 is 2.23 bits per heavy atom. The number of hydrogen-bond donors (Lipinski definition) is 3. The molecule has 5 rings (SSSR count). The molecule has 78 heavy (non-hydrogen) atoms. The van der Waals surface area contributed by atoms with Crippen LogP contribution in [0.1, 0.15) is 111 Å². The van der Waals surface area contributed by atoms with Crippen LogP contribution in [0.25, 0.3) is 0 Å². The Labute approximate surface area is 461 Å². The standard InChI is InChI=1S/C43H68N8O11.C10H13NO2.C3H8/c1-8-11-36(54)48(28-53)25-32-26-49(46-45-32)17-19-62-21-20-61-18-15-37(55)51-33-14-13-31(22-33)41(51)43(58)44-24-39(57)47(5)40(29(3)9-2)35(59-6)23-38(56)50-16-10-12-34(50)42(60-7)30(4)27-52;1-11-9(10(12)13)7-8-5-3-2-4-6-8;1-3-2/h8,11,26-31,33-35,40-42H,9-10,12-25H2,1-7H3,(H,44,58);2-6,9,11H,7H2,1H3,(H,12,13);3H2,1-2H3/b11-8-;;/t;9-;/m.0./s1. The minimum atomic E-state index is -0.814. The molecule has 3 heterocycles. The molecule has 1 aromatic carbocycles. The van der Waals surface area contributed by atoms with Crippen molar-refractivity contribution < 1.29 is 62.4 Å². The lowest BCUT2D eigenvalue weighted by Gasteiger charge is -2.39. The molecule has 2 aromatic rings. The van der Waals surface area contributed by atoms with E-state index in [1.165, 1.54) is 19.6 Å². The first kappa shape index (κ1) is 66.3. The minimum absolute atomic E-state index is 0.00434.